The first-order valence-corrected chi connectivity index (χ1v) is 8.31. The standard InChI is InChI=1S/C15H23ClN2OS/c1-12(18(2)3)15(19)17-9-6-10-20-11-13-7-4-5-8-14(13)16/h4-5,7-8,12H,6,9-11H2,1-3H3,(H,17,19)/t12-/m1/s1. The zero-order valence-electron chi connectivity index (χ0n) is 12.4. The number of thioether (sulfide) groups is 1. The molecular formula is C15H23ClN2OS. The first kappa shape index (κ1) is 17.3. The fourth-order valence-corrected chi connectivity index (χ4v) is 2.81. The van der Waals surface area contributed by atoms with Gasteiger partial charge in [-0.15, -0.1) is 0 Å². The molecule has 0 aliphatic rings. The Labute approximate surface area is 131 Å². The number of carbonyl (C=O) groups is 1. The minimum atomic E-state index is -0.0780. The van der Waals surface area contributed by atoms with Gasteiger partial charge in [0.1, 0.15) is 0 Å². The van der Waals surface area contributed by atoms with Gasteiger partial charge in [-0.3, -0.25) is 9.69 Å². The minimum absolute atomic E-state index is 0.0780. The van der Waals surface area contributed by atoms with Crippen molar-refractivity contribution in [2.45, 2.75) is 25.1 Å². The van der Waals surface area contributed by atoms with Crippen molar-refractivity contribution in [2.24, 2.45) is 0 Å². The maximum Gasteiger partial charge on any atom is 0.237 e. The summed E-state index contributed by atoms with van der Waals surface area (Å²) in [6.45, 7) is 2.63. The van der Waals surface area contributed by atoms with E-state index in [0.717, 1.165) is 29.5 Å². The molecule has 5 heteroatoms. The number of nitrogens with one attached hydrogen (secondary N) is 1. The molecule has 112 valence electrons. The molecule has 1 N–H and O–H groups in total. The molecule has 0 radical (unpaired) electrons. The summed E-state index contributed by atoms with van der Waals surface area (Å²) in [5.74, 6) is 2.02. The Kier molecular flexibility index (Phi) is 8.04. The maximum atomic E-state index is 11.7. The van der Waals surface area contributed by atoms with Crippen LogP contribution in [0.2, 0.25) is 5.02 Å². The quantitative estimate of drug-likeness (QED) is 0.749. The summed E-state index contributed by atoms with van der Waals surface area (Å²) >= 11 is 7.94. The van der Waals surface area contributed by atoms with Crippen molar-refractivity contribution >= 4 is 29.3 Å². The molecule has 0 aromatic heterocycles. The summed E-state index contributed by atoms with van der Waals surface area (Å²) < 4.78 is 0. The molecule has 0 unspecified atom stereocenters. The Balaban J connectivity index is 2.11. The van der Waals surface area contributed by atoms with E-state index in [4.69, 9.17) is 11.6 Å². The highest BCUT2D eigenvalue weighted by atomic mass is 35.5. The number of amides is 1. The van der Waals surface area contributed by atoms with Gasteiger partial charge in [0.15, 0.2) is 0 Å². The molecule has 20 heavy (non-hydrogen) atoms. The molecule has 0 saturated heterocycles. The molecule has 1 amide bonds. The van der Waals surface area contributed by atoms with Gasteiger partial charge >= 0.3 is 0 Å². The Morgan fingerprint density at radius 2 is 2.10 bits per heavy atom. The lowest BCUT2D eigenvalue weighted by atomic mass is 10.2. The fraction of sp³-hybridized carbons (Fsp3) is 0.533. The van der Waals surface area contributed by atoms with Crippen LogP contribution in [-0.4, -0.2) is 43.2 Å². The predicted octanol–water partition coefficient (Wildman–Crippen LogP) is 3.03. The van der Waals surface area contributed by atoms with Crippen LogP contribution in [0.4, 0.5) is 0 Å². The lowest BCUT2D eigenvalue weighted by Crippen LogP contribution is -2.41. The molecule has 1 aromatic rings. The third-order valence-electron chi connectivity index (χ3n) is 3.13. The van der Waals surface area contributed by atoms with Gasteiger partial charge < -0.3 is 5.32 Å². The van der Waals surface area contributed by atoms with Crippen LogP contribution >= 0.6 is 23.4 Å². The summed E-state index contributed by atoms with van der Waals surface area (Å²) in [5, 5.41) is 3.78. The zero-order chi connectivity index (χ0) is 15.0. The zero-order valence-corrected chi connectivity index (χ0v) is 13.9. The molecule has 1 rings (SSSR count). The number of hydrogen-bond donors (Lipinski definition) is 1. The van der Waals surface area contributed by atoms with Crippen molar-refractivity contribution in [1.29, 1.82) is 0 Å². The third kappa shape index (κ3) is 6.16. The molecule has 0 saturated carbocycles. The van der Waals surface area contributed by atoms with Crippen LogP contribution in [0.5, 0.6) is 0 Å². The molecule has 1 aromatic carbocycles. The van der Waals surface area contributed by atoms with Gasteiger partial charge in [-0.1, -0.05) is 29.8 Å². The first-order valence-electron chi connectivity index (χ1n) is 6.77. The Hall–Kier alpha value is -0.710. The number of carbonyl (C=O) groups excluding carboxylic acids is 1. The van der Waals surface area contributed by atoms with Crippen LogP contribution in [-0.2, 0) is 10.5 Å². The van der Waals surface area contributed by atoms with E-state index >= 15 is 0 Å². The van der Waals surface area contributed by atoms with Crippen molar-refractivity contribution in [3.8, 4) is 0 Å². The molecule has 0 aliphatic heterocycles. The van der Waals surface area contributed by atoms with E-state index in [1.54, 1.807) is 0 Å². The summed E-state index contributed by atoms with van der Waals surface area (Å²) in [7, 11) is 3.81. The highest BCUT2D eigenvalue weighted by molar-refractivity contribution is 7.98. The average molecular weight is 315 g/mol. The van der Waals surface area contributed by atoms with Crippen molar-refractivity contribution in [1.82, 2.24) is 10.2 Å². The van der Waals surface area contributed by atoms with Crippen LogP contribution < -0.4 is 5.32 Å². The Morgan fingerprint density at radius 3 is 2.75 bits per heavy atom. The number of likely N-dealkylation sites (N-methyl/N-ethyl adjacent to an activating group) is 1. The van der Waals surface area contributed by atoms with Crippen molar-refractivity contribution in [3.63, 3.8) is 0 Å². The summed E-state index contributed by atoms with van der Waals surface area (Å²) in [5.41, 5.74) is 1.17. The number of benzene rings is 1. The van der Waals surface area contributed by atoms with E-state index < -0.39 is 0 Å². The average Bonchev–Trinajstić information content (AvgIpc) is 2.43. The van der Waals surface area contributed by atoms with Gasteiger partial charge in [0, 0.05) is 17.3 Å². The largest absolute Gasteiger partial charge is 0.355 e. The van der Waals surface area contributed by atoms with Crippen molar-refractivity contribution in [2.75, 3.05) is 26.4 Å². The van der Waals surface area contributed by atoms with Crippen LogP contribution in [0.25, 0.3) is 0 Å². The van der Waals surface area contributed by atoms with Crippen LogP contribution in [0.1, 0.15) is 18.9 Å². The third-order valence-corrected chi connectivity index (χ3v) is 4.60. The van der Waals surface area contributed by atoms with E-state index in [9.17, 15) is 4.79 Å². The first-order chi connectivity index (χ1) is 9.52. The smallest absolute Gasteiger partial charge is 0.237 e. The Morgan fingerprint density at radius 1 is 1.40 bits per heavy atom. The highest BCUT2D eigenvalue weighted by Crippen LogP contribution is 2.20. The predicted molar refractivity (Wildman–Crippen MR) is 88.4 cm³/mol. The molecule has 0 bridgehead atoms. The molecule has 0 heterocycles. The normalized spacial score (nSPS) is 12.4. The topological polar surface area (TPSA) is 32.3 Å². The second-order valence-corrected chi connectivity index (χ2v) is 6.44. The van der Waals surface area contributed by atoms with E-state index in [-0.39, 0.29) is 11.9 Å². The van der Waals surface area contributed by atoms with Gasteiger partial charge in [-0.05, 0) is 44.8 Å². The molecule has 0 spiro atoms. The maximum absolute atomic E-state index is 11.7. The van der Waals surface area contributed by atoms with Gasteiger partial charge in [0.05, 0.1) is 6.04 Å². The number of rotatable bonds is 8. The fourth-order valence-electron chi connectivity index (χ4n) is 1.57. The number of hydrogen-bond acceptors (Lipinski definition) is 3. The van der Waals surface area contributed by atoms with Crippen LogP contribution in [0.15, 0.2) is 24.3 Å². The lowest BCUT2D eigenvalue weighted by molar-refractivity contribution is -0.124. The van der Waals surface area contributed by atoms with E-state index in [2.05, 4.69) is 11.4 Å². The van der Waals surface area contributed by atoms with Crippen molar-refractivity contribution in [3.05, 3.63) is 34.9 Å². The van der Waals surface area contributed by atoms with Gasteiger partial charge in [0.25, 0.3) is 0 Å². The second kappa shape index (κ2) is 9.27. The monoisotopic (exact) mass is 314 g/mol. The molecule has 3 nitrogen and oxygen atoms in total. The summed E-state index contributed by atoms with van der Waals surface area (Å²) in [6, 6.07) is 7.84. The molecule has 1 atom stereocenters. The Bertz CT molecular complexity index is 426. The minimum Gasteiger partial charge on any atom is -0.355 e. The summed E-state index contributed by atoms with van der Waals surface area (Å²) in [4.78, 5) is 13.6. The molecule has 0 fully saturated rings. The van der Waals surface area contributed by atoms with E-state index in [1.165, 1.54) is 5.56 Å². The van der Waals surface area contributed by atoms with Gasteiger partial charge in [-0.25, -0.2) is 0 Å². The van der Waals surface area contributed by atoms with Crippen molar-refractivity contribution < 1.29 is 4.79 Å². The van der Waals surface area contributed by atoms with E-state index in [0.29, 0.717) is 0 Å². The van der Waals surface area contributed by atoms with Gasteiger partial charge in [-0.2, -0.15) is 11.8 Å². The van der Waals surface area contributed by atoms with Crippen LogP contribution in [0.3, 0.4) is 0 Å². The van der Waals surface area contributed by atoms with E-state index in [1.807, 2.05) is 55.9 Å². The summed E-state index contributed by atoms with van der Waals surface area (Å²) in [6.07, 6.45) is 0.973. The lowest BCUT2D eigenvalue weighted by Gasteiger charge is -2.18. The molecular weight excluding hydrogens is 292 g/mol. The van der Waals surface area contributed by atoms with Gasteiger partial charge in [0.2, 0.25) is 5.91 Å². The number of halogens is 1. The molecule has 0 aliphatic carbocycles. The number of nitrogens with zero attached hydrogens (tertiary/aromatic N) is 1. The van der Waals surface area contributed by atoms with Crippen LogP contribution in [0, 0.1) is 0 Å². The highest BCUT2D eigenvalue weighted by Gasteiger charge is 2.13. The second-order valence-electron chi connectivity index (χ2n) is 4.93. The SMILES string of the molecule is C[C@H](C(=O)NCCCSCc1ccccc1Cl)N(C)C.